The quantitative estimate of drug-likeness (QED) is 0.851. The van der Waals surface area contributed by atoms with Gasteiger partial charge in [0.2, 0.25) is 0 Å². The molecular formula is C15H16F3NO2. The minimum absolute atomic E-state index is 0.171. The fraction of sp³-hybridized carbons (Fsp3) is 0.400. The minimum Gasteiger partial charge on any atom is -0.497 e. The number of halogens is 3. The Balaban J connectivity index is 2.10. The van der Waals surface area contributed by atoms with E-state index in [2.05, 4.69) is 4.99 Å². The molecule has 0 saturated carbocycles. The molecule has 3 nitrogen and oxygen atoms in total. The van der Waals surface area contributed by atoms with Crippen molar-refractivity contribution < 1.29 is 22.6 Å². The van der Waals surface area contributed by atoms with Crippen LogP contribution >= 0.6 is 0 Å². The number of alkyl halides is 3. The van der Waals surface area contributed by atoms with Gasteiger partial charge in [-0.15, -0.1) is 0 Å². The Hall–Kier alpha value is -1.98. The molecule has 0 bridgehead atoms. The molecule has 0 fully saturated rings. The average molecular weight is 299 g/mol. The first kappa shape index (κ1) is 15.4. The van der Waals surface area contributed by atoms with Gasteiger partial charge in [-0.3, -0.25) is 4.99 Å². The highest BCUT2D eigenvalue weighted by atomic mass is 19.4. The molecule has 0 radical (unpaired) electrons. The highest BCUT2D eigenvalue weighted by Crippen LogP contribution is 2.34. The molecule has 1 atom stereocenters. The van der Waals surface area contributed by atoms with Gasteiger partial charge in [-0.25, -0.2) is 0 Å². The zero-order valence-electron chi connectivity index (χ0n) is 11.8. The number of benzene rings is 1. The fourth-order valence-electron chi connectivity index (χ4n) is 2.23. The van der Waals surface area contributed by atoms with Crippen molar-refractivity contribution in [2.24, 2.45) is 4.99 Å². The lowest BCUT2D eigenvalue weighted by molar-refractivity contribution is -0.0974. The number of hydrogen-bond donors (Lipinski definition) is 0. The van der Waals surface area contributed by atoms with Crippen LogP contribution in [0.5, 0.6) is 5.75 Å². The molecule has 0 N–H and O–H groups in total. The molecule has 1 heterocycles. The third-order valence-electron chi connectivity index (χ3n) is 3.33. The second-order valence-electron chi connectivity index (χ2n) is 4.73. The first-order valence-electron chi connectivity index (χ1n) is 6.44. The van der Waals surface area contributed by atoms with Crippen LogP contribution in [0, 0.1) is 0 Å². The Bertz CT molecular complexity index is 547. The number of hydrogen-bond acceptors (Lipinski definition) is 3. The molecule has 1 aliphatic heterocycles. The molecule has 1 unspecified atom stereocenters. The van der Waals surface area contributed by atoms with E-state index in [0.29, 0.717) is 12.2 Å². The van der Waals surface area contributed by atoms with Gasteiger partial charge in [0.1, 0.15) is 11.5 Å². The lowest BCUT2D eigenvalue weighted by Gasteiger charge is -2.23. The SMILES string of the molecule is COC1=C(C(F)(F)F)CC(Cc2ccc(OC)cc2)N=C1. The Morgan fingerprint density at radius 2 is 1.81 bits per heavy atom. The molecule has 1 aromatic rings. The van der Waals surface area contributed by atoms with Gasteiger partial charge >= 0.3 is 6.18 Å². The molecule has 1 aliphatic rings. The van der Waals surface area contributed by atoms with E-state index in [9.17, 15) is 13.2 Å². The summed E-state index contributed by atoms with van der Waals surface area (Å²) >= 11 is 0. The molecule has 0 amide bonds. The maximum Gasteiger partial charge on any atom is 0.416 e. The van der Waals surface area contributed by atoms with Crippen LogP contribution in [0.3, 0.4) is 0 Å². The number of nitrogens with zero attached hydrogens (tertiary/aromatic N) is 1. The second-order valence-corrected chi connectivity index (χ2v) is 4.73. The van der Waals surface area contributed by atoms with Gasteiger partial charge in [0.25, 0.3) is 0 Å². The lowest BCUT2D eigenvalue weighted by Crippen LogP contribution is -2.25. The van der Waals surface area contributed by atoms with E-state index in [0.717, 1.165) is 5.56 Å². The van der Waals surface area contributed by atoms with Crippen molar-refractivity contribution in [3.8, 4) is 5.75 Å². The van der Waals surface area contributed by atoms with Gasteiger partial charge in [0.15, 0.2) is 0 Å². The summed E-state index contributed by atoms with van der Waals surface area (Å²) in [5.74, 6) is 0.511. The molecule has 0 aliphatic carbocycles. The van der Waals surface area contributed by atoms with Gasteiger partial charge < -0.3 is 9.47 Å². The Morgan fingerprint density at radius 1 is 1.14 bits per heavy atom. The van der Waals surface area contributed by atoms with E-state index in [-0.39, 0.29) is 12.2 Å². The van der Waals surface area contributed by atoms with E-state index in [1.807, 2.05) is 12.1 Å². The van der Waals surface area contributed by atoms with Crippen LogP contribution in [0.2, 0.25) is 0 Å². The lowest BCUT2D eigenvalue weighted by atomic mass is 9.96. The van der Waals surface area contributed by atoms with Crippen LogP contribution in [0.4, 0.5) is 13.2 Å². The highest BCUT2D eigenvalue weighted by molar-refractivity contribution is 5.78. The van der Waals surface area contributed by atoms with Crippen molar-refractivity contribution >= 4 is 6.21 Å². The van der Waals surface area contributed by atoms with Crippen LogP contribution in [0.15, 0.2) is 40.6 Å². The molecular weight excluding hydrogens is 283 g/mol. The summed E-state index contributed by atoms with van der Waals surface area (Å²) < 4.78 is 48.7. The van der Waals surface area contributed by atoms with Gasteiger partial charge in [-0.05, 0) is 24.1 Å². The highest BCUT2D eigenvalue weighted by Gasteiger charge is 2.39. The molecule has 1 aromatic carbocycles. The topological polar surface area (TPSA) is 30.8 Å². The number of allylic oxidation sites excluding steroid dienone is 1. The summed E-state index contributed by atoms with van der Waals surface area (Å²) in [5, 5.41) is 0. The average Bonchev–Trinajstić information content (AvgIpc) is 2.47. The van der Waals surface area contributed by atoms with Crippen molar-refractivity contribution in [1.29, 1.82) is 0 Å². The maximum absolute atomic E-state index is 13.0. The molecule has 2 rings (SSSR count). The summed E-state index contributed by atoms with van der Waals surface area (Å²) in [5.41, 5.74) is 0.263. The number of ether oxygens (including phenoxy) is 2. The van der Waals surface area contributed by atoms with E-state index in [1.54, 1.807) is 19.2 Å². The first-order valence-corrected chi connectivity index (χ1v) is 6.44. The van der Waals surface area contributed by atoms with Crippen molar-refractivity contribution in [1.82, 2.24) is 0 Å². The number of aliphatic imine (C=N–C) groups is 1. The maximum atomic E-state index is 13.0. The Kier molecular flexibility index (Phi) is 4.55. The second kappa shape index (κ2) is 6.20. The normalized spacial score (nSPS) is 18.8. The van der Waals surface area contributed by atoms with Gasteiger partial charge in [0.05, 0.1) is 32.0 Å². The summed E-state index contributed by atoms with van der Waals surface area (Å²) in [4.78, 5) is 4.14. The Morgan fingerprint density at radius 3 is 2.33 bits per heavy atom. The molecule has 6 heteroatoms. The van der Waals surface area contributed by atoms with Crippen LogP contribution < -0.4 is 4.74 Å². The Labute approximate surface area is 121 Å². The van der Waals surface area contributed by atoms with Crippen molar-refractivity contribution in [3.05, 3.63) is 41.2 Å². The van der Waals surface area contributed by atoms with Crippen molar-refractivity contribution in [2.75, 3.05) is 14.2 Å². The predicted molar refractivity (Wildman–Crippen MR) is 73.7 cm³/mol. The van der Waals surface area contributed by atoms with Gasteiger partial charge in [0, 0.05) is 6.42 Å². The van der Waals surface area contributed by atoms with Crippen molar-refractivity contribution in [3.63, 3.8) is 0 Å². The molecule has 0 spiro atoms. The van der Waals surface area contributed by atoms with Crippen LogP contribution in [-0.2, 0) is 11.2 Å². The smallest absolute Gasteiger partial charge is 0.416 e. The zero-order valence-corrected chi connectivity index (χ0v) is 11.8. The van der Waals surface area contributed by atoms with Gasteiger partial charge in [-0.1, -0.05) is 12.1 Å². The number of dihydropyridines is 1. The van der Waals surface area contributed by atoms with E-state index in [1.165, 1.54) is 13.3 Å². The monoisotopic (exact) mass is 299 g/mol. The fourth-order valence-corrected chi connectivity index (χ4v) is 2.23. The van der Waals surface area contributed by atoms with E-state index >= 15 is 0 Å². The summed E-state index contributed by atoms with van der Waals surface area (Å²) in [6.07, 6.45) is -2.96. The summed E-state index contributed by atoms with van der Waals surface area (Å²) in [6, 6.07) is 6.79. The number of rotatable bonds is 4. The summed E-state index contributed by atoms with van der Waals surface area (Å²) in [6.45, 7) is 0. The van der Waals surface area contributed by atoms with Crippen LogP contribution in [0.25, 0.3) is 0 Å². The largest absolute Gasteiger partial charge is 0.497 e. The number of methoxy groups -OCH3 is 2. The van der Waals surface area contributed by atoms with Crippen LogP contribution in [-0.4, -0.2) is 32.7 Å². The first-order chi connectivity index (χ1) is 9.94. The zero-order chi connectivity index (χ0) is 15.5. The minimum atomic E-state index is -4.39. The van der Waals surface area contributed by atoms with E-state index < -0.39 is 17.8 Å². The third kappa shape index (κ3) is 3.77. The predicted octanol–water partition coefficient (Wildman–Crippen LogP) is 3.54. The van der Waals surface area contributed by atoms with Crippen molar-refractivity contribution in [2.45, 2.75) is 25.1 Å². The summed E-state index contributed by atoms with van der Waals surface area (Å²) in [7, 11) is 2.78. The van der Waals surface area contributed by atoms with Gasteiger partial charge in [-0.2, -0.15) is 13.2 Å². The molecule has 0 aromatic heterocycles. The van der Waals surface area contributed by atoms with Crippen LogP contribution in [0.1, 0.15) is 12.0 Å². The standard InChI is InChI=1S/C15H16F3NO2/c1-20-12-5-3-10(4-6-12)7-11-8-13(15(16,17)18)14(21-2)9-19-11/h3-6,9,11H,7-8H2,1-2H3. The molecule has 0 saturated heterocycles. The molecule has 114 valence electrons. The third-order valence-corrected chi connectivity index (χ3v) is 3.33. The molecule has 21 heavy (non-hydrogen) atoms. The van der Waals surface area contributed by atoms with E-state index in [4.69, 9.17) is 9.47 Å².